The van der Waals surface area contributed by atoms with Crippen LogP contribution in [0.25, 0.3) is 0 Å². The SMILES string of the molecule is COC(=O)c1cc(Br)cnc1N1CC(Cl)CC1=O. The first-order valence-corrected chi connectivity index (χ1v) is 6.44. The third-order valence-corrected chi connectivity index (χ3v) is 3.30. The Morgan fingerprint density at radius 3 is 2.94 bits per heavy atom. The summed E-state index contributed by atoms with van der Waals surface area (Å²) in [4.78, 5) is 29.0. The van der Waals surface area contributed by atoms with Gasteiger partial charge in [0, 0.05) is 23.6 Å². The molecule has 2 rings (SSSR count). The number of nitrogens with zero attached hydrogens (tertiary/aromatic N) is 2. The summed E-state index contributed by atoms with van der Waals surface area (Å²) in [5, 5.41) is -0.256. The van der Waals surface area contributed by atoms with Crippen LogP contribution in [-0.4, -0.2) is 35.9 Å². The number of ether oxygens (including phenoxy) is 1. The first-order chi connectivity index (χ1) is 8.52. The number of halogens is 2. The van der Waals surface area contributed by atoms with Gasteiger partial charge in [0.25, 0.3) is 0 Å². The molecule has 1 saturated heterocycles. The normalized spacial score (nSPS) is 19.2. The molecule has 0 saturated carbocycles. The lowest BCUT2D eigenvalue weighted by Gasteiger charge is -2.17. The summed E-state index contributed by atoms with van der Waals surface area (Å²) < 4.78 is 5.32. The maximum atomic E-state index is 11.8. The molecule has 0 aromatic carbocycles. The van der Waals surface area contributed by atoms with Crippen LogP contribution in [0.15, 0.2) is 16.7 Å². The molecule has 0 N–H and O–H groups in total. The summed E-state index contributed by atoms with van der Waals surface area (Å²) in [5.74, 6) is -0.391. The molecular weight excluding hydrogens is 323 g/mol. The van der Waals surface area contributed by atoms with E-state index in [1.807, 2.05) is 0 Å². The lowest BCUT2D eigenvalue weighted by Crippen LogP contribution is -2.28. The lowest BCUT2D eigenvalue weighted by molar-refractivity contribution is -0.117. The summed E-state index contributed by atoms with van der Waals surface area (Å²) >= 11 is 9.16. The summed E-state index contributed by atoms with van der Waals surface area (Å²) in [6.45, 7) is 0.346. The largest absolute Gasteiger partial charge is 0.465 e. The second kappa shape index (κ2) is 5.24. The number of carbonyl (C=O) groups is 2. The van der Waals surface area contributed by atoms with Crippen molar-refractivity contribution < 1.29 is 14.3 Å². The van der Waals surface area contributed by atoms with Crippen LogP contribution in [0.3, 0.4) is 0 Å². The number of anilines is 1. The third-order valence-electron chi connectivity index (χ3n) is 2.57. The van der Waals surface area contributed by atoms with Crippen LogP contribution in [0.1, 0.15) is 16.8 Å². The van der Waals surface area contributed by atoms with Gasteiger partial charge in [-0.1, -0.05) is 0 Å². The van der Waals surface area contributed by atoms with Crippen molar-refractivity contribution in [1.82, 2.24) is 4.98 Å². The van der Waals surface area contributed by atoms with E-state index in [4.69, 9.17) is 11.6 Å². The summed E-state index contributed by atoms with van der Waals surface area (Å²) in [5.41, 5.74) is 0.242. The van der Waals surface area contributed by atoms with Gasteiger partial charge < -0.3 is 4.74 Å². The zero-order chi connectivity index (χ0) is 13.3. The molecule has 2 heterocycles. The Kier molecular flexibility index (Phi) is 3.87. The highest BCUT2D eigenvalue weighted by Crippen LogP contribution is 2.27. The Labute approximate surface area is 117 Å². The van der Waals surface area contributed by atoms with Crippen LogP contribution in [0.4, 0.5) is 5.82 Å². The van der Waals surface area contributed by atoms with E-state index in [1.165, 1.54) is 18.2 Å². The standard InChI is InChI=1S/C11H10BrClN2O3/c1-18-11(17)8-2-6(12)4-14-10(8)15-5-7(13)3-9(15)16/h2,4,7H,3,5H2,1H3. The number of methoxy groups -OCH3 is 1. The minimum atomic E-state index is -0.537. The summed E-state index contributed by atoms with van der Waals surface area (Å²) in [6.07, 6.45) is 1.77. The van der Waals surface area contributed by atoms with Crippen molar-refractivity contribution in [1.29, 1.82) is 0 Å². The smallest absolute Gasteiger partial charge is 0.341 e. The Morgan fingerprint density at radius 2 is 2.39 bits per heavy atom. The van der Waals surface area contributed by atoms with Crippen molar-refractivity contribution in [3.8, 4) is 0 Å². The van der Waals surface area contributed by atoms with Gasteiger partial charge in [-0.2, -0.15) is 0 Å². The third kappa shape index (κ3) is 2.49. The molecule has 0 aliphatic carbocycles. The maximum Gasteiger partial charge on any atom is 0.341 e. The van der Waals surface area contributed by atoms with E-state index >= 15 is 0 Å². The molecular formula is C11H10BrClN2O3. The number of pyridine rings is 1. The fourth-order valence-electron chi connectivity index (χ4n) is 1.78. The first-order valence-electron chi connectivity index (χ1n) is 5.21. The number of carbonyl (C=O) groups excluding carboxylic acids is 2. The number of rotatable bonds is 2. The van der Waals surface area contributed by atoms with E-state index < -0.39 is 5.97 Å². The minimum absolute atomic E-state index is 0.144. The predicted octanol–water partition coefficient (Wildman–Crippen LogP) is 1.97. The first kappa shape index (κ1) is 13.3. The summed E-state index contributed by atoms with van der Waals surface area (Å²) in [6, 6.07) is 1.57. The minimum Gasteiger partial charge on any atom is -0.465 e. The number of alkyl halides is 1. The average molecular weight is 334 g/mol. The highest BCUT2D eigenvalue weighted by molar-refractivity contribution is 9.10. The van der Waals surface area contributed by atoms with E-state index in [0.717, 1.165) is 0 Å². The van der Waals surface area contributed by atoms with Crippen molar-refractivity contribution in [3.63, 3.8) is 0 Å². The van der Waals surface area contributed by atoms with Gasteiger partial charge in [0.2, 0.25) is 5.91 Å². The Morgan fingerprint density at radius 1 is 1.67 bits per heavy atom. The lowest BCUT2D eigenvalue weighted by atomic mass is 10.2. The van der Waals surface area contributed by atoms with E-state index in [0.29, 0.717) is 16.8 Å². The van der Waals surface area contributed by atoms with E-state index in [-0.39, 0.29) is 23.3 Å². The molecule has 1 amide bonds. The predicted molar refractivity (Wildman–Crippen MR) is 69.9 cm³/mol. The molecule has 0 bridgehead atoms. The van der Waals surface area contributed by atoms with Crippen LogP contribution < -0.4 is 4.90 Å². The van der Waals surface area contributed by atoms with Crippen molar-refractivity contribution in [2.75, 3.05) is 18.6 Å². The Hall–Kier alpha value is -1.14. The quantitative estimate of drug-likeness (QED) is 0.613. The second-order valence-corrected chi connectivity index (χ2v) is 5.35. The van der Waals surface area contributed by atoms with Gasteiger partial charge in [-0.3, -0.25) is 9.69 Å². The van der Waals surface area contributed by atoms with Crippen LogP contribution >= 0.6 is 27.5 Å². The number of aromatic nitrogens is 1. The highest BCUT2D eigenvalue weighted by Gasteiger charge is 2.32. The number of hydrogen-bond donors (Lipinski definition) is 0. The fourth-order valence-corrected chi connectivity index (χ4v) is 2.38. The monoisotopic (exact) mass is 332 g/mol. The molecule has 0 radical (unpaired) electrons. The van der Waals surface area contributed by atoms with Crippen molar-refractivity contribution in [2.45, 2.75) is 11.8 Å². The maximum absolute atomic E-state index is 11.8. The van der Waals surface area contributed by atoms with Crippen LogP contribution in [-0.2, 0) is 9.53 Å². The number of esters is 1. The number of amides is 1. The van der Waals surface area contributed by atoms with Gasteiger partial charge in [0.05, 0.1) is 12.5 Å². The molecule has 1 aliphatic rings. The van der Waals surface area contributed by atoms with Crippen LogP contribution in [0.2, 0.25) is 0 Å². The van der Waals surface area contributed by atoms with E-state index in [9.17, 15) is 9.59 Å². The molecule has 1 aromatic rings. The molecule has 1 aliphatic heterocycles. The van der Waals surface area contributed by atoms with Crippen LogP contribution in [0.5, 0.6) is 0 Å². The average Bonchev–Trinajstić information content (AvgIpc) is 2.67. The molecule has 18 heavy (non-hydrogen) atoms. The van der Waals surface area contributed by atoms with E-state index in [1.54, 1.807) is 6.07 Å². The van der Waals surface area contributed by atoms with Gasteiger partial charge in [-0.05, 0) is 22.0 Å². The van der Waals surface area contributed by atoms with Crippen molar-refractivity contribution in [3.05, 3.63) is 22.3 Å². The Balaban J connectivity index is 2.44. The molecule has 96 valence electrons. The molecule has 1 unspecified atom stereocenters. The van der Waals surface area contributed by atoms with Gasteiger partial charge in [-0.15, -0.1) is 11.6 Å². The fraction of sp³-hybridized carbons (Fsp3) is 0.364. The topological polar surface area (TPSA) is 59.5 Å². The zero-order valence-electron chi connectivity index (χ0n) is 9.52. The van der Waals surface area contributed by atoms with Gasteiger partial charge in [0.15, 0.2) is 0 Å². The van der Waals surface area contributed by atoms with Gasteiger partial charge in [-0.25, -0.2) is 9.78 Å². The second-order valence-electron chi connectivity index (χ2n) is 3.82. The van der Waals surface area contributed by atoms with Gasteiger partial charge in [0.1, 0.15) is 11.4 Å². The molecule has 7 heteroatoms. The van der Waals surface area contributed by atoms with Crippen LogP contribution in [0, 0.1) is 0 Å². The zero-order valence-corrected chi connectivity index (χ0v) is 11.9. The highest BCUT2D eigenvalue weighted by atomic mass is 79.9. The van der Waals surface area contributed by atoms with Crippen molar-refractivity contribution in [2.24, 2.45) is 0 Å². The number of hydrogen-bond acceptors (Lipinski definition) is 4. The van der Waals surface area contributed by atoms with Gasteiger partial charge >= 0.3 is 5.97 Å². The summed E-state index contributed by atoms with van der Waals surface area (Å²) in [7, 11) is 1.28. The molecule has 5 nitrogen and oxygen atoms in total. The molecule has 0 spiro atoms. The molecule has 1 atom stereocenters. The van der Waals surface area contributed by atoms with E-state index in [2.05, 4.69) is 25.7 Å². The van der Waals surface area contributed by atoms with Crippen molar-refractivity contribution >= 4 is 45.2 Å². The molecule has 1 fully saturated rings. The molecule has 1 aromatic heterocycles. The Bertz CT molecular complexity index is 509.